The summed E-state index contributed by atoms with van der Waals surface area (Å²) in [6.07, 6.45) is -2.15. The molecular weight excluding hydrogens is 409 g/mol. The fourth-order valence-corrected chi connectivity index (χ4v) is 3.93. The van der Waals surface area contributed by atoms with Gasteiger partial charge >= 0.3 is 6.18 Å². The summed E-state index contributed by atoms with van der Waals surface area (Å²) in [6.45, 7) is 0. The standard InChI is InChI=1S/C19H19F3N2O4S/c1-28-16-11-14(23-18(25)9-12-5-6-12)7-8-17(16)29(26,27)24-15-4-2-3-13(10-15)19(20,21)22/h2-4,7-8,10-12,24H,5-6,9H2,1H3,(H,23,25). The second-order valence-corrected chi connectivity index (χ2v) is 8.40. The number of ether oxygens (including phenoxy) is 1. The second kappa shape index (κ2) is 7.94. The van der Waals surface area contributed by atoms with Crippen LogP contribution < -0.4 is 14.8 Å². The smallest absolute Gasteiger partial charge is 0.416 e. The first kappa shape index (κ1) is 21.0. The van der Waals surface area contributed by atoms with Crippen molar-refractivity contribution in [2.45, 2.75) is 30.3 Å². The summed E-state index contributed by atoms with van der Waals surface area (Å²) < 4.78 is 71.1. The Morgan fingerprint density at radius 1 is 1.14 bits per heavy atom. The van der Waals surface area contributed by atoms with E-state index in [0.717, 1.165) is 25.0 Å². The number of hydrogen-bond donors (Lipinski definition) is 2. The molecule has 0 saturated heterocycles. The molecule has 0 heterocycles. The number of nitrogens with one attached hydrogen (secondary N) is 2. The number of anilines is 2. The van der Waals surface area contributed by atoms with Gasteiger partial charge in [-0.2, -0.15) is 13.2 Å². The molecule has 0 bridgehead atoms. The lowest BCUT2D eigenvalue weighted by atomic mass is 10.2. The van der Waals surface area contributed by atoms with Crippen molar-refractivity contribution in [2.75, 3.05) is 17.1 Å². The summed E-state index contributed by atoms with van der Waals surface area (Å²) in [5.74, 6) is 0.175. The Hall–Kier alpha value is -2.75. The Bertz CT molecular complexity index is 1020. The van der Waals surface area contributed by atoms with Gasteiger partial charge in [-0.25, -0.2) is 8.42 Å². The Kier molecular flexibility index (Phi) is 5.74. The van der Waals surface area contributed by atoms with Crippen molar-refractivity contribution in [3.8, 4) is 5.75 Å². The highest BCUT2D eigenvalue weighted by molar-refractivity contribution is 7.92. The van der Waals surface area contributed by atoms with Crippen molar-refractivity contribution in [1.82, 2.24) is 0 Å². The summed E-state index contributed by atoms with van der Waals surface area (Å²) in [4.78, 5) is 11.7. The van der Waals surface area contributed by atoms with Gasteiger partial charge in [-0.05, 0) is 49.1 Å². The van der Waals surface area contributed by atoms with Crippen molar-refractivity contribution < 1.29 is 31.1 Å². The van der Waals surface area contributed by atoms with E-state index in [2.05, 4.69) is 10.0 Å². The van der Waals surface area contributed by atoms with Crippen LogP contribution in [0.15, 0.2) is 47.4 Å². The molecule has 3 rings (SSSR count). The van der Waals surface area contributed by atoms with Crippen LogP contribution in [0.2, 0.25) is 0 Å². The van der Waals surface area contributed by atoms with Gasteiger partial charge in [0.15, 0.2) is 0 Å². The van der Waals surface area contributed by atoms with Crippen molar-refractivity contribution in [3.05, 3.63) is 48.0 Å². The van der Waals surface area contributed by atoms with E-state index in [1.165, 1.54) is 31.4 Å². The molecule has 2 aromatic rings. The summed E-state index contributed by atoms with van der Waals surface area (Å²) in [5, 5.41) is 2.68. The topological polar surface area (TPSA) is 84.5 Å². The quantitative estimate of drug-likeness (QED) is 0.691. The highest BCUT2D eigenvalue weighted by atomic mass is 32.2. The minimum absolute atomic E-state index is 0.0475. The predicted molar refractivity (Wildman–Crippen MR) is 101 cm³/mol. The van der Waals surface area contributed by atoms with Gasteiger partial charge in [-0.1, -0.05) is 6.07 Å². The second-order valence-electron chi connectivity index (χ2n) is 6.75. The van der Waals surface area contributed by atoms with Crippen molar-refractivity contribution in [2.24, 2.45) is 5.92 Å². The van der Waals surface area contributed by atoms with Crippen LogP contribution in [-0.4, -0.2) is 21.4 Å². The number of sulfonamides is 1. The third kappa shape index (κ3) is 5.41. The van der Waals surface area contributed by atoms with Crippen LogP contribution in [0.4, 0.5) is 24.5 Å². The first-order valence-electron chi connectivity index (χ1n) is 8.76. The summed E-state index contributed by atoms with van der Waals surface area (Å²) >= 11 is 0. The zero-order valence-electron chi connectivity index (χ0n) is 15.4. The van der Waals surface area contributed by atoms with E-state index >= 15 is 0 Å². The monoisotopic (exact) mass is 428 g/mol. The lowest BCUT2D eigenvalue weighted by Crippen LogP contribution is -2.16. The lowest BCUT2D eigenvalue weighted by molar-refractivity contribution is -0.137. The molecule has 0 radical (unpaired) electrons. The highest BCUT2D eigenvalue weighted by Crippen LogP contribution is 2.34. The molecule has 1 aliphatic rings. The SMILES string of the molecule is COc1cc(NC(=O)CC2CC2)ccc1S(=O)(=O)Nc1cccc(C(F)(F)F)c1. The van der Waals surface area contributed by atoms with Crippen LogP contribution in [0.25, 0.3) is 0 Å². The Morgan fingerprint density at radius 2 is 1.86 bits per heavy atom. The Balaban J connectivity index is 1.81. The van der Waals surface area contributed by atoms with E-state index in [9.17, 15) is 26.4 Å². The fraction of sp³-hybridized carbons (Fsp3) is 0.316. The van der Waals surface area contributed by atoms with Gasteiger partial charge in [-0.3, -0.25) is 9.52 Å². The van der Waals surface area contributed by atoms with Crippen LogP contribution in [0.3, 0.4) is 0 Å². The van der Waals surface area contributed by atoms with E-state index in [1.54, 1.807) is 0 Å². The number of carbonyl (C=O) groups is 1. The first-order chi connectivity index (χ1) is 13.6. The third-order valence-corrected chi connectivity index (χ3v) is 5.77. The summed E-state index contributed by atoms with van der Waals surface area (Å²) in [7, 11) is -2.97. The molecule has 1 fully saturated rings. The molecule has 0 atom stereocenters. The molecule has 0 aromatic heterocycles. The average Bonchev–Trinajstić information content (AvgIpc) is 3.44. The van der Waals surface area contributed by atoms with Crippen molar-refractivity contribution in [1.29, 1.82) is 0 Å². The van der Waals surface area contributed by atoms with E-state index < -0.39 is 21.8 Å². The highest BCUT2D eigenvalue weighted by Gasteiger charge is 2.31. The van der Waals surface area contributed by atoms with Crippen LogP contribution in [0, 0.1) is 5.92 Å². The molecule has 2 aromatic carbocycles. The van der Waals surface area contributed by atoms with Gasteiger partial charge in [0.25, 0.3) is 10.0 Å². The molecule has 6 nitrogen and oxygen atoms in total. The molecule has 0 spiro atoms. The summed E-state index contributed by atoms with van der Waals surface area (Å²) in [6, 6.07) is 7.84. The fourth-order valence-electron chi connectivity index (χ4n) is 2.73. The van der Waals surface area contributed by atoms with E-state index in [-0.39, 0.29) is 22.2 Å². The van der Waals surface area contributed by atoms with Crippen LogP contribution in [0.5, 0.6) is 5.75 Å². The van der Waals surface area contributed by atoms with Gasteiger partial charge in [0.05, 0.1) is 12.7 Å². The number of methoxy groups -OCH3 is 1. The Morgan fingerprint density at radius 3 is 2.48 bits per heavy atom. The molecule has 156 valence electrons. The van der Waals surface area contributed by atoms with Gasteiger partial charge < -0.3 is 10.1 Å². The van der Waals surface area contributed by atoms with E-state index in [4.69, 9.17) is 4.74 Å². The van der Waals surface area contributed by atoms with Gasteiger partial charge in [0.1, 0.15) is 10.6 Å². The maximum atomic E-state index is 12.8. The summed E-state index contributed by atoms with van der Waals surface area (Å²) in [5.41, 5.74) is -0.840. The minimum Gasteiger partial charge on any atom is -0.495 e. The number of alkyl halides is 3. The molecule has 10 heteroatoms. The van der Waals surface area contributed by atoms with Crippen LogP contribution >= 0.6 is 0 Å². The molecule has 1 amide bonds. The number of amides is 1. The van der Waals surface area contributed by atoms with E-state index in [0.29, 0.717) is 24.1 Å². The third-order valence-electron chi connectivity index (χ3n) is 4.35. The van der Waals surface area contributed by atoms with Gasteiger partial charge in [0, 0.05) is 23.9 Å². The molecule has 0 unspecified atom stereocenters. The molecule has 0 aliphatic heterocycles. The number of rotatable bonds is 7. The Labute approximate surface area is 166 Å². The van der Waals surface area contributed by atoms with Crippen LogP contribution in [0.1, 0.15) is 24.8 Å². The minimum atomic E-state index is -4.60. The zero-order valence-corrected chi connectivity index (χ0v) is 16.2. The van der Waals surface area contributed by atoms with Gasteiger partial charge in [-0.15, -0.1) is 0 Å². The van der Waals surface area contributed by atoms with Gasteiger partial charge in [0.2, 0.25) is 5.91 Å². The number of carbonyl (C=O) groups excluding carboxylic acids is 1. The maximum Gasteiger partial charge on any atom is 0.416 e. The van der Waals surface area contributed by atoms with Crippen molar-refractivity contribution in [3.63, 3.8) is 0 Å². The number of halogens is 3. The van der Waals surface area contributed by atoms with E-state index in [1.807, 2.05) is 0 Å². The zero-order chi connectivity index (χ0) is 21.2. The molecule has 29 heavy (non-hydrogen) atoms. The lowest BCUT2D eigenvalue weighted by Gasteiger charge is -2.14. The first-order valence-corrected chi connectivity index (χ1v) is 10.2. The maximum absolute atomic E-state index is 12.8. The number of benzene rings is 2. The molecule has 1 aliphatic carbocycles. The number of hydrogen-bond acceptors (Lipinski definition) is 4. The predicted octanol–water partition coefficient (Wildman–Crippen LogP) is 4.25. The largest absolute Gasteiger partial charge is 0.495 e. The molecular formula is C19H19F3N2O4S. The van der Waals surface area contributed by atoms with Crippen LogP contribution in [-0.2, 0) is 21.0 Å². The molecule has 2 N–H and O–H groups in total. The van der Waals surface area contributed by atoms with Crippen molar-refractivity contribution >= 4 is 27.3 Å². The normalized spacial score (nSPS) is 14.3. The molecule has 1 saturated carbocycles. The average molecular weight is 428 g/mol.